The third kappa shape index (κ3) is 7.85. The summed E-state index contributed by atoms with van der Waals surface area (Å²) < 4.78 is 26.9. The minimum atomic E-state index is -3.74. The van der Waals surface area contributed by atoms with Gasteiger partial charge < -0.3 is 10.2 Å². The van der Waals surface area contributed by atoms with E-state index in [0.717, 1.165) is 32.6 Å². The molecule has 2 atom stereocenters. The molecule has 0 radical (unpaired) electrons. The average molecular weight is 539 g/mol. The Morgan fingerprint density at radius 3 is 2.27 bits per heavy atom. The van der Waals surface area contributed by atoms with Crippen molar-refractivity contribution in [1.29, 1.82) is 0 Å². The van der Waals surface area contributed by atoms with Crippen LogP contribution in [0.25, 0.3) is 0 Å². The van der Waals surface area contributed by atoms with E-state index in [2.05, 4.69) is 21.2 Å². The molecule has 0 saturated heterocycles. The van der Waals surface area contributed by atoms with Gasteiger partial charge in [0.05, 0.1) is 11.9 Å². The van der Waals surface area contributed by atoms with Gasteiger partial charge in [0.15, 0.2) is 0 Å². The molecule has 0 heterocycles. The molecule has 0 aliphatic rings. The van der Waals surface area contributed by atoms with Crippen LogP contribution in [0.1, 0.15) is 38.3 Å². The number of carbonyl (C=O) groups is 2. The maximum atomic E-state index is 13.5. The Bertz CT molecular complexity index is 1070. The third-order valence-corrected chi connectivity index (χ3v) is 7.07. The fourth-order valence-corrected chi connectivity index (χ4v) is 4.39. The summed E-state index contributed by atoms with van der Waals surface area (Å²) in [6, 6.07) is 13.5. The first-order valence-electron chi connectivity index (χ1n) is 10.8. The summed E-state index contributed by atoms with van der Waals surface area (Å²) in [5.74, 6) is -0.739. The molecular formula is C24H32BrN3O4S. The van der Waals surface area contributed by atoms with Crippen LogP contribution in [-0.4, -0.2) is 50.0 Å². The van der Waals surface area contributed by atoms with Crippen molar-refractivity contribution in [2.75, 3.05) is 17.1 Å². The first kappa shape index (κ1) is 26.9. The zero-order valence-corrected chi connectivity index (χ0v) is 22.1. The molecule has 0 unspecified atom stereocenters. The highest BCUT2D eigenvalue weighted by Gasteiger charge is 2.30. The van der Waals surface area contributed by atoms with E-state index in [1.807, 2.05) is 45.0 Å². The van der Waals surface area contributed by atoms with E-state index in [-0.39, 0.29) is 18.5 Å². The molecule has 2 rings (SSSR count). The second kappa shape index (κ2) is 11.7. The van der Waals surface area contributed by atoms with Crippen LogP contribution in [-0.2, 0) is 26.2 Å². The molecule has 0 saturated carbocycles. The van der Waals surface area contributed by atoms with Gasteiger partial charge in [0.1, 0.15) is 12.6 Å². The third-order valence-electron chi connectivity index (χ3n) is 5.40. The highest BCUT2D eigenvalue weighted by Crippen LogP contribution is 2.22. The Labute approximate surface area is 205 Å². The van der Waals surface area contributed by atoms with Crippen LogP contribution in [0.2, 0.25) is 0 Å². The van der Waals surface area contributed by atoms with Gasteiger partial charge in [-0.25, -0.2) is 8.42 Å². The number of sulfonamides is 1. The van der Waals surface area contributed by atoms with Crippen molar-refractivity contribution in [2.24, 2.45) is 0 Å². The number of nitrogens with one attached hydrogen (secondary N) is 1. The summed E-state index contributed by atoms with van der Waals surface area (Å²) in [5, 5.41) is 2.91. The van der Waals surface area contributed by atoms with Gasteiger partial charge in [-0.3, -0.25) is 13.9 Å². The van der Waals surface area contributed by atoms with Crippen LogP contribution in [0, 0.1) is 6.92 Å². The Morgan fingerprint density at radius 2 is 1.73 bits per heavy atom. The molecule has 0 spiro atoms. The number of halogens is 1. The molecule has 7 nitrogen and oxygen atoms in total. The zero-order chi connectivity index (χ0) is 24.8. The molecule has 0 aliphatic heterocycles. The lowest BCUT2D eigenvalue weighted by Gasteiger charge is -2.32. The highest BCUT2D eigenvalue weighted by molar-refractivity contribution is 9.10. The highest BCUT2D eigenvalue weighted by atomic mass is 79.9. The molecule has 2 aromatic carbocycles. The average Bonchev–Trinajstić information content (AvgIpc) is 2.75. The van der Waals surface area contributed by atoms with Crippen molar-refractivity contribution in [2.45, 2.75) is 52.7 Å². The van der Waals surface area contributed by atoms with Crippen molar-refractivity contribution in [3.63, 3.8) is 0 Å². The van der Waals surface area contributed by atoms with Crippen molar-refractivity contribution in [3.8, 4) is 0 Å². The van der Waals surface area contributed by atoms with Crippen molar-refractivity contribution >= 4 is 43.5 Å². The molecule has 9 heteroatoms. The topological polar surface area (TPSA) is 86.8 Å². The molecule has 180 valence electrons. The van der Waals surface area contributed by atoms with Crippen molar-refractivity contribution < 1.29 is 18.0 Å². The minimum Gasteiger partial charge on any atom is -0.352 e. The van der Waals surface area contributed by atoms with E-state index >= 15 is 0 Å². The smallest absolute Gasteiger partial charge is 0.244 e. The van der Waals surface area contributed by atoms with Gasteiger partial charge in [0.25, 0.3) is 0 Å². The Hall–Kier alpha value is -2.39. The van der Waals surface area contributed by atoms with Crippen LogP contribution >= 0.6 is 15.9 Å². The van der Waals surface area contributed by atoms with E-state index in [1.165, 1.54) is 4.90 Å². The van der Waals surface area contributed by atoms with Gasteiger partial charge in [0.2, 0.25) is 21.8 Å². The lowest BCUT2D eigenvalue weighted by atomic mass is 10.1. The van der Waals surface area contributed by atoms with Gasteiger partial charge in [-0.2, -0.15) is 0 Å². The van der Waals surface area contributed by atoms with Crippen LogP contribution in [0.3, 0.4) is 0 Å². The van der Waals surface area contributed by atoms with Gasteiger partial charge in [-0.05, 0) is 57.0 Å². The zero-order valence-electron chi connectivity index (χ0n) is 19.7. The summed E-state index contributed by atoms with van der Waals surface area (Å²) in [5.41, 5.74) is 2.27. The summed E-state index contributed by atoms with van der Waals surface area (Å²) >= 11 is 3.33. The number of hydrogen-bond acceptors (Lipinski definition) is 4. The Kier molecular flexibility index (Phi) is 9.48. The van der Waals surface area contributed by atoms with E-state index < -0.39 is 28.5 Å². The van der Waals surface area contributed by atoms with E-state index in [4.69, 9.17) is 0 Å². The van der Waals surface area contributed by atoms with Gasteiger partial charge in [-0.15, -0.1) is 0 Å². The standard InChI is InChI=1S/C24H32BrN3O4S/c1-6-18(3)26-24(30)19(4)27(15-20-9-7-8-17(2)14-20)23(29)16-28(33(5,31)32)22-12-10-21(25)11-13-22/h7-14,18-19H,6,15-16H2,1-5H3,(H,26,30)/t18-,19-/m1/s1. The largest absolute Gasteiger partial charge is 0.352 e. The second-order valence-electron chi connectivity index (χ2n) is 8.25. The minimum absolute atomic E-state index is 0.0360. The predicted molar refractivity (Wildman–Crippen MR) is 135 cm³/mol. The number of amides is 2. The summed E-state index contributed by atoms with van der Waals surface area (Å²) in [7, 11) is -3.74. The number of anilines is 1. The van der Waals surface area contributed by atoms with Crippen molar-refractivity contribution in [3.05, 3.63) is 64.1 Å². The summed E-state index contributed by atoms with van der Waals surface area (Å²) in [4.78, 5) is 27.8. The van der Waals surface area contributed by atoms with Gasteiger partial charge >= 0.3 is 0 Å². The first-order chi connectivity index (χ1) is 15.4. The number of rotatable bonds is 10. The van der Waals surface area contributed by atoms with Crippen LogP contribution in [0.4, 0.5) is 5.69 Å². The predicted octanol–water partition coefficient (Wildman–Crippen LogP) is 3.86. The van der Waals surface area contributed by atoms with E-state index in [0.29, 0.717) is 5.69 Å². The van der Waals surface area contributed by atoms with Gasteiger partial charge in [-0.1, -0.05) is 52.7 Å². The molecule has 1 N–H and O–H groups in total. The number of nitrogens with zero attached hydrogens (tertiary/aromatic N) is 2. The molecule has 0 aromatic heterocycles. The maximum Gasteiger partial charge on any atom is 0.244 e. The number of aryl methyl sites for hydroxylation is 1. The lowest BCUT2D eigenvalue weighted by molar-refractivity contribution is -0.139. The number of benzene rings is 2. The molecule has 33 heavy (non-hydrogen) atoms. The normalized spacial score (nSPS) is 13.2. The molecule has 2 aromatic rings. The molecule has 2 amide bonds. The molecule has 0 aliphatic carbocycles. The van der Waals surface area contributed by atoms with E-state index in [1.54, 1.807) is 31.2 Å². The Balaban J connectivity index is 2.37. The number of carbonyl (C=O) groups excluding carboxylic acids is 2. The van der Waals surface area contributed by atoms with E-state index in [9.17, 15) is 18.0 Å². The fraction of sp³-hybridized carbons (Fsp3) is 0.417. The Morgan fingerprint density at radius 1 is 1.09 bits per heavy atom. The lowest BCUT2D eigenvalue weighted by Crippen LogP contribution is -2.52. The van der Waals surface area contributed by atoms with Gasteiger partial charge in [0, 0.05) is 17.1 Å². The molecule has 0 fully saturated rings. The first-order valence-corrected chi connectivity index (χ1v) is 13.4. The second-order valence-corrected chi connectivity index (χ2v) is 11.1. The van der Waals surface area contributed by atoms with Crippen LogP contribution in [0.15, 0.2) is 53.0 Å². The monoisotopic (exact) mass is 537 g/mol. The molecule has 0 bridgehead atoms. The van der Waals surface area contributed by atoms with Crippen LogP contribution < -0.4 is 9.62 Å². The van der Waals surface area contributed by atoms with Crippen molar-refractivity contribution in [1.82, 2.24) is 10.2 Å². The SMILES string of the molecule is CC[C@@H](C)NC(=O)[C@@H](C)N(Cc1cccc(C)c1)C(=O)CN(c1ccc(Br)cc1)S(C)(=O)=O. The maximum absolute atomic E-state index is 13.5. The summed E-state index contributed by atoms with van der Waals surface area (Å²) in [6.45, 7) is 7.26. The summed E-state index contributed by atoms with van der Waals surface area (Å²) in [6.07, 6.45) is 1.82. The number of hydrogen-bond donors (Lipinski definition) is 1. The quantitative estimate of drug-likeness (QED) is 0.498. The fourth-order valence-electron chi connectivity index (χ4n) is 3.28. The van der Waals surface area contributed by atoms with Crippen LogP contribution in [0.5, 0.6) is 0 Å². The molecular weight excluding hydrogens is 506 g/mol.